The second kappa shape index (κ2) is 8.92. The van der Waals surface area contributed by atoms with Gasteiger partial charge in [0.05, 0.1) is 26.4 Å². The van der Waals surface area contributed by atoms with Crippen molar-refractivity contribution in [2.24, 2.45) is 0 Å². The zero-order chi connectivity index (χ0) is 15.0. The Morgan fingerprint density at radius 1 is 1.45 bits per heavy atom. The normalized spacial score (nSPS) is 19.9. The van der Waals surface area contributed by atoms with Crippen LogP contribution in [0.15, 0.2) is 0 Å². The standard InChI is InChI=1S/C14H26N2O4/c1-4-5-7-20-13(17)9-16-6-8-19-10-12(16)14(18)15-11(2)3/h11-12H,4-10H2,1-3H3,(H,15,18). The van der Waals surface area contributed by atoms with Gasteiger partial charge in [0, 0.05) is 12.6 Å². The molecule has 1 aliphatic heterocycles. The molecule has 1 rings (SSSR count). The summed E-state index contributed by atoms with van der Waals surface area (Å²) in [5.74, 6) is -0.372. The molecule has 1 aliphatic rings. The van der Waals surface area contributed by atoms with Crippen LogP contribution in [0.4, 0.5) is 0 Å². The number of hydrogen-bond acceptors (Lipinski definition) is 5. The van der Waals surface area contributed by atoms with E-state index in [0.717, 1.165) is 12.8 Å². The third-order valence-corrected chi connectivity index (χ3v) is 3.07. The Morgan fingerprint density at radius 2 is 2.20 bits per heavy atom. The van der Waals surface area contributed by atoms with Crippen molar-refractivity contribution in [3.05, 3.63) is 0 Å². The molecule has 0 aliphatic carbocycles. The van der Waals surface area contributed by atoms with E-state index in [2.05, 4.69) is 5.32 Å². The Bertz CT molecular complexity index is 320. The Balaban J connectivity index is 2.47. The number of unbranched alkanes of at least 4 members (excludes halogenated alkanes) is 1. The van der Waals surface area contributed by atoms with Crippen molar-refractivity contribution in [3.8, 4) is 0 Å². The number of ether oxygens (including phenoxy) is 2. The van der Waals surface area contributed by atoms with Crippen molar-refractivity contribution >= 4 is 11.9 Å². The summed E-state index contributed by atoms with van der Waals surface area (Å²) in [5.41, 5.74) is 0. The van der Waals surface area contributed by atoms with Crippen LogP contribution >= 0.6 is 0 Å². The lowest BCUT2D eigenvalue weighted by atomic mass is 10.2. The number of nitrogens with one attached hydrogen (secondary N) is 1. The molecule has 1 saturated heterocycles. The number of hydrogen-bond donors (Lipinski definition) is 1. The average Bonchev–Trinajstić information content (AvgIpc) is 2.38. The Labute approximate surface area is 120 Å². The van der Waals surface area contributed by atoms with Crippen LogP contribution < -0.4 is 5.32 Å². The molecule has 20 heavy (non-hydrogen) atoms. The maximum atomic E-state index is 12.1. The molecule has 0 radical (unpaired) electrons. The minimum absolute atomic E-state index is 0.0720. The molecule has 0 spiro atoms. The monoisotopic (exact) mass is 286 g/mol. The largest absolute Gasteiger partial charge is 0.465 e. The van der Waals surface area contributed by atoms with E-state index in [1.54, 1.807) is 0 Å². The van der Waals surface area contributed by atoms with Gasteiger partial charge >= 0.3 is 5.97 Å². The average molecular weight is 286 g/mol. The molecule has 1 heterocycles. The highest BCUT2D eigenvalue weighted by molar-refractivity contribution is 5.83. The van der Waals surface area contributed by atoms with E-state index in [4.69, 9.17) is 9.47 Å². The predicted molar refractivity (Wildman–Crippen MR) is 75.3 cm³/mol. The first-order chi connectivity index (χ1) is 9.54. The molecule has 6 heteroatoms. The molecule has 0 aromatic heterocycles. The lowest BCUT2D eigenvalue weighted by Gasteiger charge is -2.34. The topological polar surface area (TPSA) is 67.9 Å². The van der Waals surface area contributed by atoms with Gasteiger partial charge in [0.1, 0.15) is 6.04 Å². The van der Waals surface area contributed by atoms with Gasteiger partial charge in [-0.1, -0.05) is 13.3 Å². The van der Waals surface area contributed by atoms with E-state index < -0.39 is 6.04 Å². The second-order valence-corrected chi connectivity index (χ2v) is 5.30. The number of rotatable bonds is 7. The first-order valence-corrected chi connectivity index (χ1v) is 7.32. The van der Waals surface area contributed by atoms with Crippen LogP contribution in [0.3, 0.4) is 0 Å². The summed E-state index contributed by atoms with van der Waals surface area (Å²) < 4.78 is 10.5. The van der Waals surface area contributed by atoms with Crippen LogP contribution in [-0.4, -0.2) is 61.8 Å². The quantitative estimate of drug-likeness (QED) is 0.547. The minimum Gasteiger partial charge on any atom is -0.465 e. The number of esters is 1. The molecule has 1 fully saturated rings. The van der Waals surface area contributed by atoms with Crippen molar-refractivity contribution < 1.29 is 19.1 Å². The van der Waals surface area contributed by atoms with Crippen molar-refractivity contribution in [3.63, 3.8) is 0 Å². The molecule has 6 nitrogen and oxygen atoms in total. The first kappa shape index (κ1) is 16.9. The van der Waals surface area contributed by atoms with Crippen LogP contribution in [0.5, 0.6) is 0 Å². The summed E-state index contributed by atoms with van der Waals surface area (Å²) in [6, 6.07) is -0.340. The van der Waals surface area contributed by atoms with E-state index in [0.29, 0.717) is 26.4 Å². The van der Waals surface area contributed by atoms with Crippen LogP contribution in [0.2, 0.25) is 0 Å². The molecule has 1 amide bonds. The molecule has 116 valence electrons. The van der Waals surface area contributed by atoms with Crippen molar-refractivity contribution in [1.29, 1.82) is 0 Å². The fourth-order valence-corrected chi connectivity index (χ4v) is 1.99. The zero-order valence-electron chi connectivity index (χ0n) is 12.7. The summed E-state index contributed by atoms with van der Waals surface area (Å²) in [6.07, 6.45) is 1.86. The molecule has 0 aromatic rings. The van der Waals surface area contributed by atoms with Crippen LogP contribution in [0.1, 0.15) is 33.6 Å². The van der Waals surface area contributed by atoms with Gasteiger partial charge in [-0.05, 0) is 20.3 Å². The van der Waals surface area contributed by atoms with Gasteiger partial charge < -0.3 is 14.8 Å². The number of morpholine rings is 1. The van der Waals surface area contributed by atoms with Gasteiger partial charge in [-0.2, -0.15) is 0 Å². The fourth-order valence-electron chi connectivity index (χ4n) is 1.99. The van der Waals surface area contributed by atoms with Crippen LogP contribution in [0.25, 0.3) is 0 Å². The smallest absolute Gasteiger partial charge is 0.320 e. The fraction of sp³-hybridized carbons (Fsp3) is 0.857. The van der Waals surface area contributed by atoms with E-state index in [1.165, 1.54) is 0 Å². The number of carbonyl (C=O) groups is 2. The first-order valence-electron chi connectivity index (χ1n) is 7.32. The number of nitrogens with zero attached hydrogens (tertiary/aromatic N) is 1. The van der Waals surface area contributed by atoms with E-state index in [1.807, 2.05) is 25.7 Å². The van der Waals surface area contributed by atoms with Crippen molar-refractivity contribution in [2.45, 2.75) is 45.7 Å². The Kier molecular flexibility index (Phi) is 7.54. The van der Waals surface area contributed by atoms with Gasteiger partial charge in [0.25, 0.3) is 0 Å². The molecule has 0 saturated carbocycles. The highest BCUT2D eigenvalue weighted by Gasteiger charge is 2.31. The second-order valence-electron chi connectivity index (χ2n) is 5.30. The highest BCUT2D eigenvalue weighted by Crippen LogP contribution is 2.08. The zero-order valence-corrected chi connectivity index (χ0v) is 12.7. The SMILES string of the molecule is CCCCOC(=O)CN1CCOCC1C(=O)NC(C)C. The van der Waals surface area contributed by atoms with Gasteiger partial charge in [-0.25, -0.2) is 0 Å². The number of carbonyl (C=O) groups excluding carboxylic acids is 2. The summed E-state index contributed by atoms with van der Waals surface area (Å²) in [5, 5.41) is 2.86. The highest BCUT2D eigenvalue weighted by atomic mass is 16.5. The van der Waals surface area contributed by atoms with Gasteiger partial charge in [-0.15, -0.1) is 0 Å². The molecule has 1 unspecified atom stereocenters. The Morgan fingerprint density at radius 3 is 2.85 bits per heavy atom. The molecule has 1 atom stereocenters. The van der Waals surface area contributed by atoms with Crippen LogP contribution in [-0.2, 0) is 19.1 Å². The van der Waals surface area contributed by atoms with Gasteiger partial charge in [0.15, 0.2) is 0 Å². The van der Waals surface area contributed by atoms with E-state index >= 15 is 0 Å². The number of amides is 1. The van der Waals surface area contributed by atoms with E-state index in [9.17, 15) is 9.59 Å². The molecule has 1 N–H and O–H groups in total. The van der Waals surface area contributed by atoms with Crippen LogP contribution in [0, 0.1) is 0 Å². The predicted octanol–water partition coefficient (Wildman–Crippen LogP) is 0.555. The minimum atomic E-state index is -0.412. The van der Waals surface area contributed by atoms with E-state index in [-0.39, 0.29) is 24.5 Å². The summed E-state index contributed by atoms with van der Waals surface area (Å²) in [4.78, 5) is 25.6. The third kappa shape index (κ3) is 5.88. The molecule has 0 bridgehead atoms. The molecular formula is C14H26N2O4. The third-order valence-electron chi connectivity index (χ3n) is 3.07. The lowest BCUT2D eigenvalue weighted by molar-refractivity contribution is -0.149. The van der Waals surface area contributed by atoms with Crippen molar-refractivity contribution in [1.82, 2.24) is 10.2 Å². The van der Waals surface area contributed by atoms with Gasteiger partial charge in [0.2, 0.25) is 5.91 Å². The molecular weight excluding hydrogens is 260 g/mol. The Hall–Kier alpha value is -1.14. The maximum Gasteiger partial charge on any atom is 0.320 e. The maximum absolute atomic E-state index is 12.1. The summed E-state index contributed by atoms with van der Waals surface area (Å²) in [6.45, 7) is 7.87. The summed E-state index contributed by atoms with van der Waals surface area (Å²) in [7, 11) is 0. The summed E-state index contributed by atoms with van der Waals surface area (Å²) >= 11 is 0. The van der Waals surface area contributed by atoms with Gasteiger partial charge in [-0.3, -0.25) is 14.5 Å². The lowest BCUT2D eigenvalue weighted by Crippen LogP contribution is -2.56. The molecule has 0 aromatic carbocycles. The van der Waals surface area contributed by atoms with Crippen molar-refractivity contribution in [2.75, 3.05) is 32.9 Å².